The van der Waals surface area contributed by atoms with Crippen molar-refractivity contribution in [2.45, 2.75) is 32.7 Å². The van der Waals surface area contributed by atoms with Crippen LogP contribution in [0.2, 0.25) is 0 Å². The number of nitrogens with one attached hydrogen (secondary N) is 1. The van der Waals surface area contributed by atoms with Crippen LogP contribution in [0.4, 0.5) is 0 Å². The van der Waals surface area contributed by atoms with Crippen molar-refractivity contribution < 1.29 is 4.42 Å². The van der Waals surface area contributed by atoms with Gasteiger partial charge in [-0.05, 0) is 32.3 Å². The van der Waals surface area contributed by atoms with Crippen molar-refractivity contribution in [3.63, 3.8) is 0 Å². The van der Waals surface area contributed by atoms with E-state index < -0.39 is 0 Å². The molecular formula is C10H15N5OS. The minimum atomic E-state index is 0.0989. The van der Waals surface area contributed by atoms with Crippen molar-refractivity contribution in [1.29, 1.82) is 0 Å². The number of aromatic nitrogens is 4. The van der Waals surface area contributed by atoms with Crippen LogP contribution in [0.3, 0.4) is 0 Å². The van der Waals surface area contributed by atoms with Gasteiger partial charge in [0.05, 0.1) is 0 Å². The minimum Gasteiger partial charge on any atom is -0.419 e. The lowest BCUT2D eigenvalue weighted by Gasteiger charge is -2.19. The van der Waals surface area contributed by atoms with E-state index in [1.165, 1.54) is 11.5 Å². The summed E-state index contributed by atoms with van der Waals surface area (Å²) in [6.45, 7) is 7.16. The van der Waals surface area contributed by atoms with Gasteiger partial charge in [-0.3, -0.25) is 0 Å². The molecule has 6 nitrogen and oxygen atoms in total. The van der Waals surface area contributed by atoms with Gasteiger partial charge in [0.1, 0.15) is 0 Å². The molecule has 0 fully saturated rings. The number of hydrogen-bond acceptors (Lipinski definition) is 7. The van der Waals surface area contributed by atoms with Gasteiger partial charge in [0.25, 0.3) is 5.89 Å². The maximum Gasteiger partial charge on any atom is 0.269 e. The van der Waals surface area contributed by atoms with Crippen LogP contribution < -0.4 is 5.32 Å². The average Bonchev–Trinajstić information content (AvgIpc) is 2.83. The Morgan fingerprint density at radius 3 is 2.76 bits per heavy atom. The summed E-state index contributed by atoms with van der Waals surface area (Å²) in [5, 5.41) is 16.9. The molecule has 2 aromatic heterocycles. The Balaban J connectivity index is 1.91. The summed E-state index contributed by atoms with van der Waals surface area (Å²) in [7, 11) is 0. The summed E-state index contributed by atoms with van der Waals surface area (Å²) in [6.07, 6.45) is 0.710. The standard InChI is InChI=1S/C10H15N5OS/c1-10(2,3)11-5-4-8-13-14-9(16-8)7-6-17-15-12-7/h6,11H,4-5H2,1-3H3. The molecule has 0 saturated carbocycles. The van der Waals surface area contributed by atoms with Crippen LogP contribution in [0.25, 0.3) is 11.6 Å². The van der Waals surface area contributed by atoms with E-state index in [1.54, 1.807) is 5.38 Å². The molecule has 0 aliphatic heterocycles. The van der Waals surface area contributed by atoms with Crippen LogP contribution >= 0.6 is 11.5 Å². The molecule has 0 aliphatic carbocycles. The van der Waals surface area contributed by atoms with E-state index >= 15 is 0 Å². The lowest BCUT2D eigenvalue weighted by Crippen LogP contribution is -2.37. The Bertz CT molecular complexity index is 459. The Hall–Kier alpha value is -1.34. The summed E-state index contributed by atoms with van der Waals surface area (Å²) < 4.78 is 9.24. The lowest BCUT2D eigenvalue weighted by molar-refractivity contribution is 0.411. The monoisotopic (exact) mass is 253 g/mol. The SMILES string of the molecule is CC(C)(C)NCCc1nnc(-c2csnn2)o1. The van der Waals surface area contributed by atoms with E-state index in [1.807, 2.05) is 0 Å². The topological polar surface area (TPSA) is 76.7 Å². The predicted octanol–water partition coefficient (Wildman–Crippen LogP) is 1.52. The molecule has 2 aromatic rings. The molecule has 0 spiro atoms. The molecule has 0 bridgehead atoms. The maximum atomic E-state index is 5.48. The molecule has 0 saturated heterocycles. The van der Waals surface area contributed by atoms with Gasteiger partial charge in [-0.15, -0.1) is 15.3 Å². The normalized spacial score (nSPS) is 11.9. The summed E-state index contributed by atoms with van der Waals surface area (Å²) in [5.41, 5.74) is 0.735. The smallest absolute Gasteiger partial charge is 0.269 e. The molecule has 1 N–H and O–H groups in total. The van der Waals surface area contributed by atoms with Gasteiger partial charge in [-0.1, -0.05) is 4.49 Å². The largest absolute Gasteiger partial charge is 0.419 e. The summed E-state index contributed by atoms with van der Waals surface area (Å²) in [6, 6.07) is 0. The first-order valence-corrected chi connectivity index (χ1v) is 6.23. The molecular weight excluding hydrogens is 238 g/mol. The number of hydrogen-bond donors (Lipinski definition) is 1. The van der Waals surface area contributed by atoms with Gasteiger partial charge < -0.3 is 9.73 Å². The highest BCUT2D eigenvalue weighted by atomic mass is 32.1. The van der Waals surface area contributed by atoms with Crippen molar-refractivity contribution in [3.8, 4) is 11.6 Å². The third kappa shape index (κ3) is 3.57. The van der Waals surface area contributed by atoms with Crippen molar-refractivity contribution >= 4 is 11.5 Å². The zero-order valence-corrected chi connectivity index (χ0v) is 10.9. The highest BCUT2D eigenvalue weighted by Gasteiger charge is 2.12. The number of rotatable bonds is 4. The fourth-order valence-corrected chi connectivity index (χ4v) is 1.69. The van der Waals surface area contributed by atoms with E-state index in [2.05, 4.69) is 45.9 Å². The maximum absolute atomic E-state index is 5.48. The molecule has 92 valence electrons. The molecule has 0 aromatic carbocycles. The number of nitrogens with zero attached hydrogens (tertiary/aromatic N) is 4. The van der Waals surface area contributed by atoms with E-state index in [0.717, 1.165) is 6.54 Å². The van der Waals surface area contributed by atoms with Gasteiger partial charge in [-0.25, -0.2) is 0 Å². The van der Waals surface area contributed by atoms with Crippen LogP contribution in [-0.4, -0.2) is 31.9 Å². The van der Waals surface area contributed by atoms with E-state index in [0.29, 0.717) is 23.9 Å². The van der Waals surface area contributed by atoms with Crippen LogP contribution in [0.5, 0.6) is 0 Å². The molecule has 0 amide bonds. The highest BCUT2D eigenvalue weighted by molar-refractivity contribution is 7.03. The zero-order valence-electron chi connectivity index (χ0n) is 10.1. The van der Waals surface area contributed by atoms with Gasteiger partial charge in [0.15, 0.2) is 5.69 Å². The quantitative estimate of drug-likeness (QED) is 0.890. The first-order valence-electron chi connectivity index (χ1n) is 5.39. The van der Waals surface area contributed by atoms with Gasteiger partial charge >= 0.3 is 0 Å². The second kappa shape index (κ2) is 4.89. The lowest BCUT2D eigenvalue weighted by atomic mass is 10.1. The Labute approximate surface area is 104 Å². The first kappa shape index (κ1) is 12.1. The summed E-state index contributed by atoms with van der Waals surface area (Å²) >= 11 is 1.26. The van der Waals surface area contributed by atoms with Crippen molar-refractivity contribution in [1.82, 2.24) is 25.1 Å². The van der Waals surface area contributed by atoms with Crippen LogP contribution in [0, 0.1) is 0 Å². The molecule has 0 atom stereocenters. The molecule has 17 heavy (non-hydrogen) atoms. The summed E-state index contributed by atoms with van der Waals surface area (Å²) in [4.78, 5) is 0. The van der Waals surface area contributed by atoms with Crippen molar-refractivity contribution in [2.24, 2.45) is 0 Å². The molecule has 2 heterocycles. The van der Waals surface area contributed by atoms with Gasteiger partial charge in [-0.2, -0.15) is 0 Å². The zero-order chi connectivity index (χ0) is 12.3. The molecule has 0 aliphatic rings. The third-order valence-corrected chi connectivity index (χ3v) is 2.54. The summed E-state index contributed by atoms with van der Waals surface area (Å²) in [5.74, 6) is 1.05. The second-order valence-electron chi connectivity index (χ2n) is 4.72. The first-order chi connectivity index (χ1) is 8.04. The molecule has 0 unspecified atom stereocenters. The Morgan fingerprint density at radius 2 is 2.12 bits per heavy atom. The van der Waals surface area contributed by atoms with Crippen LogP contribution in [0.15, 0.2) is 9.80 Å². The van der Waals surface area contributed by atoms with E-state index in [4.69, 9.17) is 4.42 Å². The van der Waals surface area contributed by atoms with E-state index in [9.17, 15) is 0 Å². The molecule has 7 heteroatoms. The molecule has 2 rings (SSSR count). The fourth-order valence-electron chi connectivity index (χ4n) is 1.26. The van der Waals surface area contributed by atoms with Crippen LogP contribution in [0.1, 0.15) is 26.7 Å². The fraction of sp³-hybridized carbons (Fsp3) is 0.600. The minimum absolute atomic E-state index is 0.0989. The highest BCUT2D eigenvalue weighted by Crippen LogP contribution is 2.15. The second-order valence-corrected chi connectivity index (χ2v) is 5.33. The Kier molecular flexibility index (Phi) is 3.49. The van der Waals surface area contributed by atoms with Crippen molar-refractivity contribution in [3.05, 3.63) is 11.3 Å². The van der Waals surface area contributed by atoms with Crippen molar-refractivity contribution in [2.75, 3.05) is 6.54 Å². The predicted molar refractivity (Wildman–Crippen MR) is 64.7 cm³/mol. The van der Waals surface area contributed by atoms with Gasteiger partial charge in [0.2, 0.25) is 5.89 Å². The average molecular weight is 253 g/mol. The Morgan fingerprint density at radius 1 is 1.29 bits per heavy atom. The third-order valence-electron chi connectivity index (χ3n) is 2.04. The van der Waals surface area contributed by atoms with Crippen LogP contribution in [-0.2, 0) is 6.42 Å². The van der Waals surface area contributed by atoms with Gasteiger partial charge in [0, 0.05) is 23.9 Å². The molecule has 0 radical (unpaired) electrons. The van der Waals surface area contributed by atoms with E-state index in [-0.39, 0.29) is 5.54 Å².